The number of aromatic nitrogens is 1. The van der Waals surface area contributed by atoms with Crippen LogP contribution in [0.1, 0.15) is 22.9 Å². The molecule has 19 heavy (non-hydrogen) atoms. The van der Waals surface area contributed by atoms with Crippen LogP contribution in [0.5, 0.6) is 0 Å². The summed E-state index contributed by atoms with van der Waals surface area (Å²) in [6.07, 6.45) is -5.78. The second-order valence-electron chi connectivity index (χ2n) is 3.92. The summed E-state index contributed by atoms with van der Waals surface area (Å²) in [6.45, 7) is 0. The van der Waals surface area contributed by atoms with Crippen molar-refractivity contribution >= 4 is 11.6 Å². The molecule has 0 aliphatic carbocycles. The number of benzene rings is 1. The van der Waals surface area contributed by atoms with Crippen molar-refractivity contribution in [3.8, 4) is 0 Å². The van der Waals surface area contributed by atoms with Gasteiger partial charge in [-0.3, -0.25) is 0 Å². The molecule has 0 saturated heterocycles. The second kappa shape index (κ2) is 5.19. The van der Waals surface area contributed by atoms with Gasteiger partial charge in [-0.1, -0.05) is 41.9 Å². The highest BCUT2D eigenvalue weighted by molar-refractivity contribution is 6.29. The zero-order chi connectivity index (χ0) is 14.0. The Kier molecular flexibility index (Phi) is 3.78. The average molecular weight is 288 g/mol. The predicted molar refractivity (Wildman–Crippen MR) is 64.8 cm³/mol. The largest absolute Gasteiger partial charge is 0.433 e. The average Bonchev–Trinajstić information content (AvgIpc) is 2.37. The van der Waals surface area contributed by atoms with Crippen molar-refractivity contribution < 1.29 is 18.3 Å². The summed E-state index contributed by atoms with van der Waals surface area (Å²) in [6, 6.07) is 10.4. The smallest absolute Gasteiger partial charge is 0.384 e. The Balaban J connectivity index is 2.43. The standard InChI is InChI=1S/C13H9ClF3NO/c14-11-7-9(6-10(18-11)13(15,16)17)12(19)8-4-2-1-3-5-8/h1-7,12,19H. The van der Waals surface area contributed by atoms with Gasteiger partial charge in [-0.25, -0.2) is 4.98 Å². The van der Waals surface area contributed by atoms with Crippen molar-refractivity contribution in [2.24, 2.45) is 0 Å². The van der Waals surface area contributed by atoms with Crippen LogP contribution in [0.4, 0.5) is 13.2 Å². The van der Waals surface area contributed by atoms with Crippen molar-refractivity contribution in [3.05, 3.63) is 64.4 Å². The van der Waals surface area contributed by atoms with Gasteiger partial charge in [0.25, 0.3) is 0 Å². The van der Waals surface area contributed by atoms with Crippen LogP contribution in [0.2, 0.25) is 5.15 Å². The van der Waals surface area contributed by atoms with E-state index in [4.69, 9.17) is 11.6 Å². The molecule has 2 aromatic rings. The Labute approximate surface area is 112 Å². The lowest BCUT2D eigenvalue weighted by Gasteiger charge is -2.14. The highest BCUT2D eigenvalue weighted by atomic mass is 35.5. The molecule has 100 valence electrons. The molecule has 0 bridgehead atoms. The summed E-state index contributed by atoms with van der Waals surface area (Å²) in [4.78, 5) is 3.21. The van der Waals surface area contributed by atoms with Gasteiger partial charge in [0.2, 0.25) is 0 Å². The molecule has 1 aromatic heterocycles. The molecule has 2 rings (SSSR count). The summed E-state index contributed by atoms with van der Waals surface area (Å²) in [5.74, 6) is 0. The lowest BCUT2D eigenvalue weighted by Crippen LogP contribution is -2.10. The lowest BCUT2D eigenvalue weighted by molar-refractivity contribution is -0.141. The first-order valence-corrected chi connectivity index (χ1v) is 5.73. The number of aliphatic hydroxyl groups excluding tert-OH is 1. The molecule has 1 heterocycles. The fraction of sp³-hybridized carbons (Fsp3) is 0.154. The summed E-state index contributed by atoms with van der Waals surface area (Å²) >= 11 is 5.57. The third kappa shape index (κ3) is 3.24. The first-order valence-electron chi connectivity index (χ1n) is 5.35. The molecule has 0 aliphatic heterocycles. The van der Waals surface area contributed by atoms with E-state index in [2.05, 4.69) is 4.98 Å². The van der Waals surface area contributed by atoms with Gasteiger partial charge in [0.15, 0.2) is 0 Å². The molecule has 0 spiro atoms. The minimum absolute atomic E-state index is 0.0542. The van der Waals surface area contributed by atoms with Crippen molar-refractivity contribution in [3.63, 3.8) is 0 Å². The van der Waals surface area contributed by atoms with Gasteiger partial charge in [0.1, 0.15) is 17.0 Å². The van der Waals surface area contributed by atoms with Gasteiger partial charge in [-0.15, -0.1) is 0 Å². The molecule has 1 aromatic carbocycles. The maximum absolute atomic E-state index is 12.6. The van der Waals surface area contributed by atoms with Crippen molar-refractivity contribution in [2.45, 2.75) is 12.3 Å². The normalized spacial score (nSPS) is 13.3. The van der Waals surface area contributed by atoms with Crippen LogP contribution in [0.15, 0.2) is 42.5 Å². The van der Waals surface area contributed by atoms with E-state index < -0.39 is 18.0 Å². The van der Waals surface area contributed by atoms with Gasteiger partial charge >= 0.3 is 6.18 Å². The van der Waals surface area contributed by atoms with E-state index in [1.807, 2.05) is 0 Å². The lowest BCUT2D eigenvalue weighted by atomic mass is 10.0. The van der Waals surface area contributed by atoms with Crippen molar-refractivity contribution in [1.29, 1.82) is 0 Å². The Morgan fingerprint density at radius 2 is 1.68 bits per heavy atom. The minimum atomic E-state index is -4.60. The summed E-state index contributed by atoms with van der Waals surface area (Å²) in [5.41, 5.74) is -0.582. The van der Waals surface area contributed by atoms with E-state index >= 15 is 0 Å². The number of halogens is 4. The molecule has 0 saturated carbocycles. The zero-order valence-electron chi connectivity index (χ0n) is 9.53. The van der Waals surface area contributed by atoms with Crippen molar-refractivity contribution in [2.75, 3.05) is 0 Å². The number of rotatable bonds is 2. The van der Waals surface area contributed by atoms with Crippen LogP contribution >= 0.6 is 11.6 Å². The fourth-order valence-electron chi connectivity index (χ4n) is 1.65. The maximum Gasteiger partial charge on any atom is 0.433 e. The highest BCUT2D eigenvalue weighted by Gasteiger charge is 2.33. The first kappa shape index (κ1) is 13.8. The topological polar surface area (TPSA) is 33.1 Å². The van der Waals surface area contributed by atoms with E-state index in [1.54, 1.807) is 30.3 Å². The number of hydrogen-bond donors (Lipinski definition) is 1. The Bertz CT molecular complexity index is 572. The molecule has 0 fully saturated rings. The SMILES string of the molecule is OC(c1ccccc1)c1cc(Cl)nc(C(F)(F)F)c1. The van der Waals surface area contributed by atoms with Crippen LogP contribution in [0, 0.1) is 0 Å². The Morgan fingerprint density at radius 1 is 1.05 bits per heavy atom. The van der Waals surface area contributed by atoms with Gasteiger partial charge in [0.05, 0.1) is 0 Å². The summed E-state index contributed by atoms with van der Waals surface area (Å²) in [7, 11) is 0. The Morgan fingerprint density at radius 3 is 2.26 bits per heavy atom. The molecule has 6 heteroatoms. The molecular weight excluding hydrogens is 279 g/mol. The van der Waals surface area contributed by atoms with Gasteiger partial charge in [-0.2, -0.15) is 13.2 Å². The molecule has 0 radical (unpaired) electrons. The number of nitrogens with zero attached hydrogens (tertiary/aromatic N) is 1. The maximum atomic E-state index is 12.6. The van der Waals surface area contributed by atoms with E-state index in [9.17, 15) is 18.3 Å². The van der Waals surface area contributed by atoms with Gasteiger partial charge in [-0.05, 0) is 23.3 Å². The fourth-order valence-corrected chi connectivity index (χ4v) is 1.86. The van der Waals surface area contributed by atoms with Gasteiger partial charge < -0.3 is 5.11 Å². The van der Waals surface area contributed by atoms with E-state index in [0.717, 1.165) is 6.07 Å². The highest BCUT2D eigenvalue weighted by Crippen LogP contribution is 2.32. The zero-order valence-corrected chi connectivity index (χ0v) is 10.3. The number of aliphatic hydroxyl groups is 1. The monoisotopic (exact) mass is 287 g/mol. The van der Waals surface area contributed by atoms with Crippen LogP contribution in [0.25, 0.3) is 0 Å². The van der Waals surface area contributed by atoms with Gasteiger partial charge in [0, 0.05) is 0 Å². The minimum Gasteiger partial charge on any atom is -0.384 e. The quantitative estimate of drug-likeness (QED) is 0.852. The molecule has 0 amide bonds. The van der Waals surface area contributed by atoms with E-state index in [1.165, 1.54) is 6.07 Å². The Hall–Kier alpha value is -1.59. The number of hydrogen-bond acceptors (Lipinski definition) is 2. The predicted octanol–water partition coefficient (Wildman–Crippen LogP) is 3.84. The molecular formula is C13H9ClF3NO. The van der Waals surface area contributed by atoms with Crippen molar-refractivity contribution in [1.82, 2.24) is 4.98 Å². The van der Waals surface area contributed by atoms with E-state index in [-0.39, 0.29) is 10.7 Å². The molecule has 2 nitrogen and oxygen atoms in total. The summed E-state index contributed by atoms with van der Waals surface area (Å²) < 4.78 is 37.8. The third-order valence-electron chi connectivity index (χ3n) is 2.54. The third-order valence-corrected chi connectivity index (χ3v) is 2.73. The van der Waals surface area contributed by atoms with Crippen LogP contribution < -0.4 is 0 Å². The molecule has 1 atom stereocenters. The molecule has 0 aliphatic rings. The van der Waals surface area contributed by atoms with E-state index in [0.29, 0.717) is 5.56 Å². The molecule has 1 N–H and O–H groups in total. The number of alkyl halides is 3. The molecule has 1 unspecified atom stereocenters. The van der Waals surface area contributed by atoms with Crippen LogP contribution in [-0.2, 0) is 6.18 Å². The second-order valence-corrected chi connectivity index (χ2v) is 4.31. The van der Waals surface area contributed by atoms with Crippen LogP contribution in [-0.4, -0.2) is 10.1 Å². The first-order chi connectivity index (χ1) is 8.88. The summed E-state index contributed by atoms with van der Waals surface area (Å²) in [5, 5.41) is 9.75. The number of pyridine rings is 1. The van der Waals surface area contributed by atoms with Crippen LogP contribution in [0.3, 0.4) is 0 Å².